The minimum absolute atomic E-state index is 0.147. The molecule has 0 bridgehead atoms. The van der Waals surface area contributed by atoms with Crippen LogP contribution in [-0.4, -0.2) is 46.3 Å². The van der Waals surface area contributed by atoms with E-state index in [1.54, 1.807) is 41.2 Å². The molecule has 1 aliphatic rings. The lowest BCUT2D eigenvalue weighted by atomic mass is 9.97. The van der Waals surface area contributed by atoms with Crippen molar-refractivity contribution in [3.63, 3.8) is 0 Å². The number of aromatic nitrogens is 3. The topological polar surface area (TPSA) is 96.7 Å². The third-order valence-corrected chi connectivity index (χ3v) is 6.98. The highest BCUT2D eigenvalue weighted by molar-refractivity contribution is 7.89. The van der Waals surface area contributed by atoms with E-state index in [-0.39, 0.29) is 29.8 Å². The van der Waals surface area contributed by atoms with Crippen molar-refractivity contribution in [3.05, 3.63) is 53.8 Å². The highest BCUT2D eigenvalue weighted by atomic mass is 35.5. The first-order chi connectivity index (χ1) is 13.4. The Labute approximate surface area is 167 Å². The monoisotopic (exact) mass is 419 g/mol. The van der Waals surface area contributed by atoms with Gasteiger partial charge in [-0.25, -0.2) is 13.4 Å². The van der Waals surface area contributed by atoms with Crippen LogP contribution in [0.3, 0.4) is 0 Å². The lowest BCUT2D eigenvalue weighted by Crippen LogP contribution is -2.41. The van der Waals surface area contributed by atoms with Crippen LogP contribution >= 0.6 is 11.6 Å². The first kappa shape index (κ1) is 18.9. The van der Waals surface area contributed by atoms with Crippen molar-refractivity contribution in [1.82, 2.24) is 18.9 Å². The van der Waals surface area contributed by atoms with Crippen LogP contribution in [0.25, 0.3) is 5.65 Å². The summed E-state index contributed by atoms with van der Waals surface area (Å²) in [6, 6.07) is 9.52. The maximum absolute atomic E-state index is 12.7. The van der Waals surface area contributed by atoms with Crippen LogP contribution in [0.15, 0.2) is 53.7 Å². The summed E-state index contributed by atoms with van der Waals surface area (Å²) in [5.74, 6) is 0.123. The molecule has 146 valence electrons. The minimum Gasteiger partial charge on any atom is -0.310 e. The normalized spacial score (nSPS) is 16.3. The van der Waals surface area contributed by atoms with Gasteiger partial charge >= 0.3 is 0 Å². The standard InChI is InChI=1S/C18H18ClN5O3S/c19-14-1-3-15(4-2-14)28(26,27)23-11-7-13(8-12-23)18(25)22-17-5-9-20-16-6-10-21-24(16)17/h1-6,9-10,13H,7-8,11-12H2,(H,22,25). The van der Waals surface area contributed by atoms with E-state index < -0.39 is 10.0 Å². The molecule has 8 nitrogen and oxygen atoms in total. The number of benzene rings is 1. The Morgan fingerprint density at radius 2 is 1.79 bits per heavy atom. The maximum atomic E-state index is 12.7. The number of halogens is 1. The van der Waals surface area contributed by atoms with E-state index in [4.69, 9.17) is 11.6 Å². The molecule has 1 fully saturated rings. The summed E-state index contributed by atoms with van der Waals surface area (Å²) in [5.41, 5.74) is 0.640. The third kappa shape index (κ3) is 3.60. The molecule has 0 unspecified atom stereocenters. The van der Waals surface area contributed by atoms with Gasteiger partial charge < -0.3 is 5.32 Å². The average molecular weight is 420 g/mol. The minimum atomic E-state index is -3.59. The number of rotatable bonds is 4. The Hall–Kier alpha value is -2.49. The van der Waals surface area contributed by atoms with Gasteiger partial charge in [0.05, 0.1) is 11.1 Å². The number of nitrogens with zero attached hydrogens (tertiary/aromatic N) is 4. The predicted octanol–water partition coefficient (Wildman–Crippen LogP) is 2.42. The number of fused-ring (bicyclic) bond motifs is 1. The summed E-state index contributed by atoms with van der Waals surface area (Å²) in [5, 5.41) is 7.50. The van der Waals surface area contributed by atoms with Crippen LogP contribution in [-0.2, 0) is 14.8 Å². The van der Waals surface area contributed by atoms with Crippen molar-refractivity contribution >= 4 is 39.0 Å². The summed E-state index contributed by atoms with van der Waals surface area (Å²) in [6.45, 7) is 0.577. The molecule has 0 saturated carbocycles. The lowest BCUT2D eigenvalue weighted by molar-refractivity contribution is -0.120. The van der Waals surface area contributed by atoms with Gasteiger partial charge in [0.2, 0.25) is 15.9 Å². The third-order valence-electron chi connectivity index (χ3n) is 4.82. The number of piperidine rings is 1. The van der Waals surface area contributed by atoms with Crippen molar-refractivity contribution in [3.8, 4) is 0 Å². The van der Waals surface area contributed by atoms with Crippen molar-refractivity contribution in [2.24, 2.45) is 5.92 Å². The van der Waals surface area contributed by atoms with Gasteiger partial charge in [0.1, 0.15) is 5.82 Å². The van der Waals surface area contributed by atoms with Crippen LogP contribution in [0, 0.1) is 5.92 Å². The van der Waals surface area contributed by atoms with Gasteiger partial charge in [-0.3, -0.25) is 4.79 Å². The number of nitrogens with one attached hydrogen (secondary N) is 1. The molecular weight excluding hydrogens is 402 g/mol. The van der Waals surface area contributed by atoms with Crippen LogP contribution in [0.5, 0.6) is 0 Å². The molecule has 1 aromatic carbocycles. The number of carbonyl (C=O) groups is 1. The SMILES string of the molecule is O=C(Nc1ccnc2ccnn12)C1CCN(S(=O)(=O)c2ccc(Cl)cc2)CC1. The first-order valence-electron chi connectivity index (χ1n) is 8.80. The fourth-order valence-electron chi connectivity index (χ4n) is 3.27. The smallest absolute Gasteiger partial charge is 0.243 e. The zero-order chi connectivity index (χ0) is 19.7. The van der Waals surface area contributed by atoms with Crippen molar-refractivity contribution in [2.45, 2.75) is 17.7 Å². The Kier molecular flexibility index (Phi) is 5.05. The molecule has 1 saturated heterocycles. The largest absolute Gasteiger partial charge is 0.310 e. The van der Waals surface area contributed by atoms with Gasteiger partial charge in [0.25, 0.3) is 0 Å². The Balaban J connectivity index is 1.41. The van der Waals surface area contributed by atoms with Gasteiger partial charge in [-0.2, -0.15) is 13.9 Å². The van der Waals surface area contributed by atoms with Gasteiger partial charge in [-0.05, 0) is 43.2 Å². The van der Waals surface area contributed by atoms with Crippen molar-refractivity contribution in [1.29, 1.82) is 0 Å². The van der Waals surface area contributed by atoms with E-state index in [0.29, 0.717) is 29.3 Å². The van der Waals surface area contributed by atoms with Gasteiger partial charge in [-0.15, -0.1) is 0 Å². The second kappa shape index (κ2) is 7.50. The molecule has 3 aromatic rings. The Morgan fingerprint density at radius 1 is 1.07 bits per heavy atom. The number of amides is 1. The van der Waals surface area contributed by atoms with E-state index in [1.807, 2.05) is 0 Å². The van der Waals surface area contributed by atoms with Crippen LogP contribution in [0.2, 0.25) is 5.02 Å². The molecule has 0 spiro atoms. The molecule has 1 N–H and O–H groups in total. The summed E-state index contributed by atoms with van der Waals surface area (Å²) < 4.78 is 28.5. The highest BCUT2D eigenvalue weighted by Gasteiger charge is 2.32. The summed E-state index contributed by atoms with van der Waals surface area (Å²) in [7, 11) is -3.59. The number of hydrogen-bond acceptors (Lipinski definition) is 5. The summed E-state index contributed by atoms with van der Waals surface area (Å²) in [4.78, 5) is 17.0. The molecule has 2 aromatic heterocycles. The Morgan fingerprint density at radius 3 is 2.50 bits per heavy atom. The second-order valence-electron chi connectivity index (χ2n) is 6.55. The molecule has 1 aliphatic heterocycles. The van der Waals surface area contributed by atoms with Crippen molar-refractivity contribution in [2.75, 3.05) is 18.4 Å². The molecule has 4 rings (SSSR count). The molecule has 1 amide bonds. The maximum Gasteiger partial charge on any atom is 0.243 e. The molecule has 28 heavy (non-hydrogen) atoms. The molecule has 3 heterocycles. The molecule has 0 atom stereocenters. The van der Waals surface area contributed by atoms with Crippen LogP contribution in [0.1, 0.15) is 12.8 Å². The van der Waals surface area contributed by atoms with Crippen molar-refractivity contribution < 1.29 is 13.2 Å². The van der Waals surface area contributed by atoms with E-state index >= 15 is 0 Å². The molecule has 0 radical (unpaired) electrons. The lowest BCUT2D eigenvalue weighted by Gasteiger charge is -2.30. The zero-order valence-corrected chi connectivity index (χ0v) is 16.4. The summed E-state index contributed by atoms with van der Waals surface area (Å²) in [6.07, 6.45) is 4.12. The molecular formula is C18H18ClN5O3S. The van der Waals surface area contributed by atoms with Gasteiger partial charge in [0.15, 0.2) is 5.65 Å². The van der Waals surface area contributed by atoms with Crippen LogP contribution < -0.4 is 5.32 Å². The summed E-state index contributed by atoms with van der Waals surface area (Å²) >= 11 is 5.83. The van der Waals surface area contributed by atoms with Gasteiger partial charge in [-0.1, -0.05) is 11.6 Å². The van der Waals surface area contributed by atoms with E-state index in [2.05, 4.69) is 15.4 Å². The fourth-order valence-corrected chi connectivity index (χ4v) is 4.87. The number of anilines is 1. The number of hydrogen-bond donors (Lipinski definition) is 1. The number of carbonyl (C=O) groups excluding carboxylic acids is 1. The van der Waals surface area contributed by atoms with E-state index in [0.717, 1.165) is 0 Å². The first-order valence-corrected chi connectivity index (χ1v) is 10.6. The average Bonchev–Trinajstić information content (AvgIpc) is 3.18. The number of sulfonamides is 1. The van der Waals surface area contributed by atoms with E-state index in [9.17, 15) is 13.2 Å². The second-order valence-corrected chi connectivity index (χ2v) is 8.93. The zero-order valence-electron chi connectivity index (χ0n) is 14.8. The van der Waals surface area contributed by atoms with E-state index in [1.165, 1.54) is 16.4 Å². The predicted molar refractivity (Wildman–Crippen MR) is 105 cm³/mol. The van der Waals surface area contributed by atoms with Gasteiger partial charge in [0, 0.05) is 36.3 Å². The quantitative estimate of drug-likeness (QED) is 0.700. The van der Waals surface area contributed by atoms with Crippen LogP contribution in [0.4, 0.5) is 5.82 Å². The molecule has 10 heteroatoms. The molecule has 0 aliphatic carbocycles. The Bertz CT molecular complexity index is 1110. The highest BCUT2D eigenvalue weighted by Crippen LogP contribution is 2.25. The fraction of sp³-hybridized carbons (Fsp3) is 0.278.